The highest BCUT2D eigenvalue weighted by Crippen LogP contribution is 2.05. The first-order valence-corrected chi connectivity index (χ1v) is 9.36. The number of carbonyl (C=O) groups is 1. The molecule has 0 saturated heterocycles. The Hall–Kier alpha value is -0.740. The highest BCUT2D eigenvalue weighted by atomic mass is 32.2. The number of esters is 1. The summed E-state index contributed by atoms with van der Waals surface area (Å²) in [5, 5.41) is 0. The lowest BCUT2D eigenvalue weighted by Crippen LogP contribution is -2.39. The molecule has 0 bridgehead atoms. The first-order chi connectivity index (χ1) is 10.4. The summed E-state index contributed by atoms with van der Waals surface area (Å²) >= 11 is 0. The van der Waals surface area contributed by atoms with Crippen molar-refractivity contribution < 1.29 is 27.4 Å². The molecule has 0 radical (unpaired) electrons. The quantitative estimate of drug-likeness (QED) is 0.320. The standard InChI is InChI=1S/C14H30N2O6S/c1-10(2)13(15)14(17)21-9-20-8-12(22-11(3)4)7-16(5)23(6,18)19/h10-13H,7-9,15H2,1-6H3/t12-,13-/m0/s1. The summed E-state index contributed by atoms with van der Waals surface area (Å²) in [6.45, 7) is 7.32. The van der Waals surface area contributed by atoms with Gasteiger partial charge in [-0.05, 0) is 19.8 Å². The van der Waals surface area contributed by atoms with Gasteiger partial charge >= 0.3 is 5.97 Å². The summed E-state index contributed by atoms with van der Waals surface area (Å²) in [4.78, 5) is 11.6. The van der Waals surface area contributed by atoms with E-state index in [1.54, 1.807) is 0 Å². The van der Waals surface area contributed by atoms with Gasteiger partial charge in [0.05, 0.1) is 25.1 Å². The molecule has 0 fully saturated rings. The molecule has 0 aliphatic heterocycles. The van der Waals surface area contributed by atoms with Crippen LogP contribution in [0.25, 0.3) is 0 Å². The molecule has 0 aromatic carbocycles. The number of hydrogen-bond acceptors (Lipinski definition) is 7. The van der Waals surface area contributed by atoms with Gasteiger partial charge in [-0.2, -0.15) is 0 Å². The number of likely N-dealkylation sites (N-methyl/N-ethyl adjacent to an activating group) is 1. The molecule has 0 amide bonds. The van der Waals surface area contributed by atoms with Gasteiger partial charge in [0.1, 0.15) is 6.04 Å². The lowest BCUT2D eigenvalue weighted by Gasteiger charge is -2.24. The Morgan fingerprint density at radius 2 is 1.78 bits per heavy atom. The zero-order valence-corrected chi connectivity index (χ0v) is 15.6. The molecule has 8 nitrogen and oxygen atoms in total. The summed E-state index contributed by atoms with van der Waals surface area (Å²) in [5.41, 5.74) is 5.65. The minimum Gasteiger partial charge on any atom is -0.437 e. The van der Waals surface area contributed by atoms with Crippen molar-refractivity contribution in [2.24, 2.45) is 11.7 Å². The lowest BCUT2D eigenvalue weighted by atomic mass is 10.1. The molecule has 23 heavy (non-hydrogen) atoms. The number of rotatable bonds is 11. The molecule has 2 atom stereocenters. The van der Waals surface area contributed by atoms with Crippen LogP contribution >= 0.6 is 0 Å². The van der Waals surface area contributed by atoms with Crippen LogP contribution in [0.15, 0.2) is 0 Å². The summed E-state index contributed by atoms with van der Waals surface area (Å²) in [6.07, 6.45) is 0.565. The monoisotopic (exact) mass is 354 g/mol. The molecule has 2 N–H and O–H groups in total. The van der Waals surface area contributed by atoms with Gasteiger partial charge in [0.15, 0.2) is 6.79 Å². The second-order valence-electron chi connectivity index (χ2n) is 6.07. The topological polar surface area (TPSA) is 108 Å². The minimum atomic E-state index is -3.30. The van der Waals surface area contributed by atoms with Crippen molar-refractivity contribution in [1.29, 1.82) is 0 Å². The van der Waals surface area contributed by atoms with E-state index in [1.807, 2.05) is 27.7 Å². The van der Waals surface area contributed by atoms with E-state index in [-0.39, 0.29) is 32.0 Å². The Morgan fingerprint density at radius 3 is 2.22 bits per heavy atom. The fourth-order valence-corrected chi connectivity index (χ4v) is 2.03. The Balaban J connectivity index is 4.33. The molecular weight excluding hydrogens is 324 g/mol. The number of nitrogens with two attached hydrogens (primary N) is 1. The van der Waals surface area contributed by atoms with Crippen molar-refractivity contribution in [3.63, 3.8) is 0 Å². The van der Waals surface area contributed by atoms with Gasteiger partial charge in [-0.25, -0.2) is 12.7 Å². The third kappa shape index (κ3) is 9.87. The Bertz CT molecular complexity index is 452. The van der Waals surface area contributed by atoms with Crippen LogP contribution in [0.5, 0.6) is 0 Å². The number of ether oxygens (including phenoxy) is 3. The molecule has 0 aliphatic carbocycles. The van der Waals surface area contributed by atoms with Gasteiger partial charge in [-0.15, -0.1) is 0 Å². The lowest BCUT2D eigenvalue weighted by molar-refractivity contribution is -0.163. The molecule has 0 rings (SSSR count). The minimum absolute atomic E-state index is 0.0251. The first-order valence-electron chi connectivity index (χ1n) is 7.51. The van der Waals surface area contributed by atoms with Gasteiger partial charge < -0.3 is 19.9 Å². The van der Waals surface area contributed by atoms with Crippen LogP contribution in [0.4, 0.5) is 0 Å². The average molecular weight is 354 g/mol. The maximum absolute atomic E-state index is 11.6. The molecule has 9 heteroatoms. The summed E-state index contributed by atoms with van der Waals surface area (Å²) < 4.78 is 39.9. The fourth-order valence-electron chi connectivity index (χ4n) is 1.59. The van der Waals surface area contributed by atoms with Crippen LogP contribution < -0.4 is 5.73 Å². The van der Waals surface area contributed by atoms with Crippen LogP contribution in [0.2, 0.25) is 0 Å². The maximum Gasteiger partial charge on any atom is 0.325 e. The third-order valence-corrected chi connectivity index (χ3v) is 4.35. The van der Waals surface area contributed by atoms with Crippen molar-refractivity contribution in [2.75, 3.05) is 33.2 Å². The summed E-state index contributed by atoms with van der Waals surface area (Å²) in [5.74, 6) is -0.558. The maximum atomic E-state index is 11.6. The van der Waals surface area contributed by atoms with E-state index >= 15 is 0 Å². The molecule has 0 aliphatic rings. The first kappa shape index (κ1) is 22.3. The normalized spacial score (nSPS) is 15.2. The van der Waals surface area contributed by atoms with E-state index in [4.69, 9.17) is 19.9 Å². The molecule has 0 saturated carbocycles. The van der Waals surface area contributed by atoms with E-state index in [2.05, 4.69) is 0 Å². The molecular formula is C14H30N2O6S. The van der Waals surface area contributed by atoms with Crippen molar-refractivity contribution in [3.05, 3.63) is 0 Å². The zero-order valence-electron chi connectivity index (χ0n) is 14.8. The molecule has 0 heterocycles. The van der Waals surface area contributed by atoms with Crippen molar-refractivity contribution in [2.45, 2.75) is 45.9 Å². The number of carbonyl (C=O) groups excluding carboxylic acids is 1. The predicted molar refractivity (Wildman–Crippen MR) is 87.2 cm³/mol. The highest BCUT2D eigenvalue weighted by Gasteiger charge is 2.21. The molecule has 0 aromatic rings. The second-order valence-corrected chi connectivity index (χ2v) is 8.16. The molecule has 138 valence electrons. The Labute approximate surface area is 139 Å². The van der Waals surface area contributed by atoms with Crippen LogP contribution in [0.1, 0.15) is 27.7 Å². The second kappa shape index (κ2) is 10.2. The smallest absolute Gasteiger partial charge is 0.325 e. The Kier molecular flexibility index (Phi) is 9.86. The van der Waals surface area contributed by atoms with Gasteiger partial charge in [-0.1, -0.05) is 13.8 Å². The van der Waals surface area contributed by atoms with Gasteiger partial charge in [0, 0.05) is 13.6 Å². The molecule has 0 aromatic heterocycles. The van der Waals surface area contributed by atoms with E-state index < -0.39 is 28.1 Å². The predicted octanol–water partition coefficient (Wildman–Crippen LogP) is 0.172. The summed E-state index contributed by atoms with van der Waals surface area (Å²) in [7, 11) is -1.84. The van der Waals surface area contributed by atoms with Crippen molar-refractivity contribution in [3.8, 4) is 0 Å². The number of hydrogen-bond donors (Lipinski definition) is 1. The van der Waals surface area contributed by atoms with Crippen LogP contribution in [0, 0.1) is 5.92 Å². The number of sulfonamides is 1. The largest absolute Gasteiger partial charge is 0.437 e. The van der Waals surface area contributed by atoms with Crippen LogP contribution in [-0.4, -0.2) is 70.2 Å². The molecule has 0 spiro atoms. The highest BCUT2D eigenvalue weighted by molar-refractivity contribution is 7.88. The van der Waals surface area contributed by atoms with Gasteiger partial charge in [0.2, 0.25) is 10.0 Å². The van der Waals surface area contributed by atoms with Gasteiger partial charge in [-0.3, -0.25) is 4.79 Å². The van der Waals surface area contributed by atoms with Crippen molar-refractivity contribution >= 4 is 16.0 Å². The van der Waals surface area contributed by atoms with E-state index in [1.165, 1.54) is 11.4 Å². The van der Waals surface area contributed by atoms with Crippen LogP contribution in [0.3, 0.4) is 0 Å². The van der Waals surface area contributed by atoms with Crippen LogP contribution in [-0.2, 0) is 29.0 Å². The van der Waals surface area contributed by atoms with E-state index in [9.17, 15) is 13.2 Å². The van der Waals surface area contributed by atoms with E-state index in [0.717, 1.165) is 6.26 Å². The zero-order chi connectivity index (χ0) is 18.2. The Morgan fingerprint density at radius 1 is 1.22 bits per heavy atom. The average Bonchev–Trinajstić information content (AvgIpc) is 2.40. The van der Waals surface area contributed by atoms with Gasteiger partial charge in [0.25, 0.3) is 0 Å². The SMILES string of the molecule is CC(C)O[C@H](COCOC(=O)[C@@H](N)C(C)C)CN(C)S(C)(=O)=O. The van der Waals surface area contributed by atoms with E-state index in [0.29, 0.717) is 0 Å². The summed E-state index contributed by atoms with van der Waals surface area (Å²) in [6, 6.07) is -0.697. The third-order valence-electron chi connectivity index (χ3n) is 3.07. The number of nitrogens with zero attached hydrogens (tertiary/aromatic N) is 1. The molecule has 0 unspecified atom stereocenters. The fraction of sp³-hybridized carbons (Fsp3) is 0.929. The van der Waals surface area contributed by atoms with Crippen molar-refractivity contribution in [1.82, 2.24) is 4.31 Å².